The van der Waals surface area contributed by atoms with Crippen molar-refractivity contribution in [3.05, 3.63) is 0 Å². The summed E-state index contributed by atoms with van der Waals surface area (Å²) in [6.07, 6.45) is 1.17. The van der Waals surface area contributed by atoms with Crippen LogP contribution in [-0.4, -0.2) is 90.3 Å². The van der Waals surface area contributed by atoms with E-state index in [0.717, 1.165) is 45.4 Å². The fraction of sp³-hybridized carbons (Fsp3) is 0.941. The topological polar surface area (TPSA) is 67.4 Å². The van der Waals surface area contributed by atoms with E-state index in [0.29, 0.717) is 31.8 Å². The number of nitrogens with zero attached hydrogens (tertiary/aromatic N) is 2. The maximum Gasteiger partial charge on any atom is 0.191 e. The van der Waals surface area contributed by atoms with Crippen LogP contribution < -0.4 is 10.6 Å². The first-order chi connectivity index (χ1) is 11.7. The second-order valence-electron chi connectivity index (χ2n) is 6.42. The Balaban J connectivity index is 2.31. The Hall–Kier alpha value is -0.890. The fourth-order valence-corrected chi connectivity index (χ4v) is 2.77. The van der Waals surface area contributed by atoms with E-state index >= 15 is 0 Å². The van der Waals surface area contributed by atoms with Gasteiger partial charge in [0.05, 0.1) is 33.0 Å². The molecule has 0 saturated carbocycles. The molecule has 1 rings (SSSR count). The summed E-state index contributed by atoms with van der Waals surface area (Å²) < 4.78 is 15.9. The molecule has 7 heteroatoms. The van der Waals surface area contributed by atoms with Gasteiger partial charge in [0.25, 0.3) is 0 Å². The Morgan fingerprint density at radius 3 is 2.54 bits per heavy atom. The van der Waals surface area contributed by atoms with Crippen molar-refractivity contribution in [2.75, 3.05) is 73.4 Å². The van der Waals surface area contributed by atoms with Crippen LogP contribution in [0.5, 0.6) is 0 Å². The second-order valence-corrected chi connectivity index (χ2v) is 6.42. The highest BCUT2D eigenvalue weighted by atomic mass is 16.5. The largest absolute Gasteiger partial charge is 0.382 e. The van der Waals surface area contributed by atoms with Gasteiger partial charge in [-0.2, -0.15) is 0 Å². The van der Waals surface area contributed by atoms with E-state index in [1.807, 2.05) is 0 Å². The molecule has 0 aliphatic carbocycles. The number of aliphatic imine (C=N–C) groups is 1. The van der Waals surface area contributed by atoms with E-state index in [1.54, 1.807) is 14.2 Å². The number of guanidine groups is 1. The van der Waals surface area contributed by atoms with E-state index in [1.165, 1.54) is 6.42 Å². The Morgan fingerprint density at radius 2 is 1.92 bits per heavy atom. The van der Waals surface area contributed by atoms with Gasteiger partial charge in [-0.15, -0.1) is 0 Å². The molecule has 1 atom stereocenters. The third kappa shape index (κ3) is 9.42. The quantitative estimate of drug-likeness (QED) is 0.324. The van der Waals surface area contributed by atoms with Crippen LogP contribution in [0.1, 0.15) is 20.3 Å². The maximum absolute atomic E-state index is 5.47. The van der Waals surface area contributed by atoms with Crippen LogP contribution >= 0.6 is 0 Å². The van der Waals surface area contributed by atoms with Gasteiger partial charge in [-0.05, 0) is 12.3 Å². The summed E-state index contributed by atoms with van der Waals surface area (Å²) in [7, 11) is 3.47. The number of nitrogens with one attached hydrogen (secondary N) is 2. The highest BCUT2D eigenvalue weighted by Gasteiger charge is 2.22. The summed E-state index contributed by atoms with van der Waals surface area (Å²) in [4.78, 5) is 6.81. The SMILES string of the molecule is CN=C(NCCOCCOC)NCC(CC(C)C)N1CCOCC1. The molecule has 0 spiro atoms. The predicted molar refractivity (Wildman–Crippen MR) is 97.7 cm³/mol. The number of ether oxygens (including phenoxy) is 3. The highest BCUT2D eigenvalue weighted by molar-refractivity contribution is 5.79. The van der Waals surface area contributed by atoms with Crippen LogP contribution in [0, 0.1) is 5.92 Å². The zero-order valence-electron chi connectivity index (χ0n) is 15.8. The van der Waals surface area contributed by atoms with E-state index in [-0.39, 0.29) is 0 Å². The van der Waals surface area contributed by atoms with Crippen molar-refractivity contribution in [2.45, 2.75) is 26.3 Å². The Labute approximate surface area is 147 Å². The van der Waals surface area contributed by atoms with E-state index in [4.69, 9.17) is 14.2 Å². The molecule has 1 heterocycles. The lowest BCUT2D eigenvalue weighted by Gasteiger charge is -2.35. The Bertz CT molecular complexity index is 334. The standard InChI is InChI=1S/C17H36N4O3/c1-15(2)13-16(21-6-9-24-10-7-21)14-20-17(18-3)19-5-8-23-12-11-22-4/h15-16H,5-14H2,1-4H3,(H2,18,19,20). The normalized spacial score (nSPS) is 18.0. The fourth-order valence-electron chi connectivity index (χ4n) is 2.77. The number of methoxy groups -OCH3 is 1. The average molecular weight is 345 g/mol. The first-order valence-corrected chi connectivity index (χ1v) is 9.00. The number of morpholine rings is 1. The molecule has 1 fully saturated rings. The molecule has 0 radical (unpaired) electrons. The molecule has 2 N–H and O–H groups in total. The van der Waals surface area contributed by atoms with Crippen molar-refractivity contribution < 1.29 is 14.2 Å². The number of hydrogen-bond acceptors (Lipinski definition) is 5. The zero-order valence-corrected chi connectivity index (χ0v) is 15.8. The molecule has 0 aromatic heterocycles. The Morgan fingerprint density at radius 1 is 1.17 bits per heavy atom. The molecule has 1 saturated heterocycles. The van der Waals surface area contributed by atoms with Crippen molar-refractivity contribution in [2.24, 2.45) is 10.9 Å². The van der Waals surface area contributed by atoms with Crippen molar-refractivity contribution in [3.8, 4) is 0 Å². The predicted octanol–water partition coefficient (Wildman–Crippen LogP) is 0.561. The summed E-state index contributed by atoms with van der Waals surface area (Å²) >= 11 is 0. The molecule has 0 bridgehead atoms. The molecule has 0 aromatic carbocycles. The first-order valence-electron chi connectivity index (χ1n) is 9.00. The minimum Gasteiger partial charge on any atom is -0.382 e. The molecule has 1 aliphatic heterocycles. The van der Waals surface area contributed by atoms with Gasteiger partial charge in [-0.1, -0.05) is 13.8 Å². The smallest absolute Gasteiger partial charge is 0.191 e. The Kier molecular flexibility index (Phi) is 11.8. The molecular weight excluding hydrogens is 308 g/mol. The molecule has 142 valence electrons. The third-order valence-electron chi connectivity index (χ3n) is 4.00. The van der Waals surface area contributed by atoms with Gasteiger partial charge >= 0.3 is 0 Å². The summed E-state index contributed by atoms with van der Waals surface area (Å²) in [6, 6.07) is 0.505. The summed E-state index contributed by atoms with van der Waals surface area (Å²) in [5, 5.41) is 6.74. The monoisotopic (exact) mass is 344 g/mol. The van der Waals surface area contributed by atoms with Gasteiger partial charge in [-0.3, -0.25) is 9.89 Å². The summed E-state index contributed by atoms with van der Waals surface area (Å²) in [5.74, 6) is 1.50. The highest BCUT2D eigenvalue weighted by Crippen LogP contribution is 2.12. The molecule has 0 aromatic rings. The van der Waals surface area contributed by atoms with Crippen molar-refractivity contribution in [1.29, 1.82) is 0 Å². The lowest BCUT2D eigenvalue weighted by atomic mass is 10.0. The third-order valence-corrected chi connectivity index (χ3v) is 4.00. The van der Waals surface area contributed by atoms with Gasteiger partial charge in [0, 0.05) is 46.4 Å². The van der Waals surface area contributed by atoms with Gasteiger partial charge in [0.2, 0.25) is 0 Å². The van der Waals surface area contributed by atoms with E-state index in [9.17, 15) is 0 Å². The van der Waals surface area contributed by atoms with E-state index < -0.39 is 0 Å². The van der Waals surface area contributed by atoms with Gasteiger partial charge in [0.1, 0.15) is 0 Å². The number of rotatable bonds is 11. The van der Waals surface area contributed by atoms with Crippen molar-refractivity contribution in [3.63, 3.8) is 0 Å². The van der Waals surface area contributed by atoms with Crippen molar-refractivity contribution in [1.82, 2.24) is 15.5 Å². The average Bonchev–Trinajstić information content (AvgIpc) is 2.59. The van der Waals surface area contributed by atoms with Crippen molar-refractivity contribution >= 4 is 5.96 Å². The van der Waals surface area contributed by atoms with Crippen LogP contribution in [0.15, 0.2) is 4.99 Å². The van der Waals surface area contributed by atoms with Crippen LogP contribution in [0.2, 0.25) is 0 Å². The second kappa shape index (κ2) is 13.4. The van der Waals surface area contributed by atoms with Crippen LogP contribution in [0.3, 0.4) is 0 Å². The minimum atomic E-state index is 0.505. The molecule has 1 unspecified atom stereocenters. The lowest BCUT2D eigenvalue weighted by Crippen LogP contribution is -2.51. The van der Waals surface area contributed by atoms with Gasteiger partial charge < -0.3 is 24.8 Å². The molecule has 0 amide bonds. The maximum atomic E-state index is 5.47. The van der Waals surface area contributed by atoms with Crippen LogP contribution in [0.25, 0.3) is 0 Å². The molecule has 1 aliphatic rings. The van der Waals surface area contributed by atoms with Gasteiger partial charge in [-0.25, -0.2) is 0 Å². The van der Waals surface area contributed by atoms with Gasteiger partial charge in [0.15, 0.2) is 5.96 Å². The molecule has 7 nitrogen and oxygen atoms in total. The number of hydrogen-bond donors (Lipinski definition) is 2. The summed E-state index contributed by atoms with van der Waals surface area (Å²) in [5.41, 5.74) is 0. The summed E-state index contributed by atoms with van der Waals surface area (Å²) in [6.45, 7) is 11.8. The molecule has 24 heavy (non-hydrogen) atoms. The van der Waals surface area contributed by atoms with E-state index in [2.05, 4.69) is 34.4 Å². The van der Waals surface area contributed by atoms with Crippen LogP contribution in [0.4, 0.5) is 0 Å². The first kappa shape index (κ1) is 21.2. The minimum absolute atomic E-state index is 0.505. The van der Waals surface area contributed by atoms with Crippen LogP contribution in [-0.2, 0) is 14.2 Å². The lowest BCUT2D eigenvalue weighted by molar-refractivity contribution is 0.0132. The zero-order chi connectivity index (χ0) is 17.6. The molecular formula is C17H36N4O3.